The number of aromatic amines is 1. The maximum absolute atomic E-state index is 12.6. The lowest BCUT2D eigenvalue weighted by Crippen LogP contribution is -2.34. The molecule has 0 saturated heterocycles. The van der Waals surface area contributed by atoms with E-state index in [0.29, 0.717) is 17.4 Å². The van der Waals surface area contributed by atoms with E-state index < -0.39 is 0 Å². The normalized spacial score (nSPS) is 13.6. The maximum atomic E-state index is 12.6. The van der Waals surface area contributed by atoms with Crippen molar-refractivity contribution in [2.75, 3.05) is 7.05 Å². The Kier molecular flexibility index (Phi) is 4.28. The number of carbonyl (C=O) groups is 1. The molecule has 7 heteroatoms. The number of nitrogens with zero attached hydrogens (tertiary/aromatic N) is 4. The molecule has 0 fully saturated rings. The number of benzene rings is 1. The van der Waals surface area contributed by atoms with Gasteiger partial charge in [0, 0.05) is 12.7 Å². The van der Waals surface area contributed by atoms with Crippen LogP contribution in [-0.4, -0.2) is 37.6 Å². The highest BCUT2D eigenvalue weighted by molar-refractivity contribution is 5.78. The Morgan fingerprint density at radius 3 is 2.96 bits per heavy atom. The van der Waals surface area contributed by atoms with Crippen LogP contribution < -0.4 is 5.56 Å². The van der Waals surface area contributed by atoms with Gasteiger partial charge in [-0.2, -0.15) is 5.10 Å². The second-order valence-corrected chi connectivity index (χ2v) is 6.78. The van der Waals surface area contributed by atoms with Crippen LogP contribution in [0.5, 0.6) is 0 Å². The van der Waals surface area contributed by atoms with Crippen LogP contribution >= 0.6 is 0 Å². The van der Waals surface area contributed by atoms with E-state index in [1.54, 1.807) is 30.1 Å². The Morgan fingerprint density at radius 2 is 2.08 bits per heavy atom. The van der Waals surface area contributed by atoms with Gasteiger partial charge in [-0.3, -0.25) is 19.3 Å². The van der Waals surface area contributed by atoms with Crippen LogP contribution in [0.4, 0.5) is 0 Å². The lowest BCUT2D eigenvalue weighted by atomic mass is 9.96. The summed E-state index contributed by atoms with van der Waals surface area (Å²) in [4.78, 5) is 31.0. The number of amides is 1. The van der Waals surface area contributed by atoms with Gasteiger partial charge in [0.25, 0.3) is 5.56 Å². The summed E-state index contributed by atoms with van der Waals surface area (Å²) in [7, 11) is 1.74. The third kappa shape index (κ3) is 3.00. The summed E-state index contributed by atoms with van der Waals surface area (Å²) in [6.07, 6.45) is 5.82. The number of para-hydroxylation sites is 1. The molecule has 134 valence electrons. The molecular weight excluding hydrogens is 330 g/mol. The first-order chi connectivity index (χ1) is 12.6. The molecular formula is C19H21N5O2. The minimum absolute atomic E-state index is 0.0280. The van der Waals surface area contributed by atoms with Crippen molar-refractivity contribution in [2.24, 2.45) is 0 Å². The number of hydrogen-bond donors (Lipinski definition) is 1. The molecule has 1 aromatic carbocycles. The molecule has 2 aromatic heterocycles. The molecule has 1 aliphatic rings. The highest BCUT2D eigenvalue weighted by Gasteiger charge is 2.20. The molecule has 0 atom stereocenters. The number of hydrogen-bond acceptors (Lipinski definition) is 4. The topological polar surface area (TPSA) is 83.9 Å². The first-order valence-corrected chi connectivity index (χ1v) is 8.86. The summed E-state index contributed by atoms with van der Waals surface area (Å²) in [5, 5.41) is 8.00. The quantitative estimate of drug-likeness (QED) is 0.775. The van der Waals surface area contributed by atoms with Gasteiger partial charge in [-0.1, -0.05) is 12.1 Å². The van der Waals surface area contributed by atoms with Gasteiger partial charge in [0.05, 0.1) is 29.5 Å². The summed E-state index contributed by atoms with van der Waals surface area (Å²) in [5.74, 6) is -0.142. The second-order valence-electron chi connectivity index (χ2n) is 6.78. The highest BCUT2D eigenvalue weighted by atomic mass is 16.2. The molecule has 2 heterocycles. The van der Waals surface area contributed by atoms with Gasteiger partial charge in [0.15, 0.2) is 0 Å². The molecule has 1 aliphatic carbocycles. The number of rotatable bonds is 4. The van der Waals surface area contributed by atoms with Gasteiger partial charge in [-0.05, 0) is 43.4 Å². The van der Waals surface area contributed by atoms with Crippen molar-refractivity contribution in [3.63, 3.8) is 0 Å². The van der Waals surface area contributed by atoms with E-state index >= 15 is 0 Å². The molecule has 0 unspecified atom stereocenters. The van der Waals surface area contributed by atoms with Crippen molar-refractivity contribution >= 4 is 16.8 Å². The third-order valence-electron chi connectivity index (χ3n) is 4.99. The first-order valence-electron chi connectivity index (χ1n) is 8.86. The molecule has 1 N–H and O–H groups in total. The monoisotopic (exact) mass is 351 g/mol. The Balaban J connectivity index is 1.50. The Bertz CT molecular complexity index is 1020. The zero-order valence-electron chi connectivity index (χ0n) is 14.7. The summed E-state index contributed by atoms with van der Waals surface area (Å²) in [5.41, 5.74) is 3.81. The summed E-state index contributed by atoms with van der Waals surface area (Å²) in [6, 6.07) is 7.15. The van der Waals surface area contributed by atoms with Crippen LogP contribution in [0.3, 0.4) is 0 Å². The highest BCUT2D eigenvalue weighted by Crippen LogP contribution is 2.22. The minimum atomic E-state index is -0.200. The molecule has 3 aromatic rings. The Morgan fingerprint density at radius 1 is 1.27 bits per heavy atom. The molecule has 26 heavy (non-hydrogen) atoms. The minimum Gasteiger partial charge on any atom is -0.338 e. The van der Waals surface area contributed by atoms with Crippen molar-refractivity contribution in [3.8, 4) is 0 Å². The van der Waals surface area contributed by atoms with Gasteiger partial charge < -0.3 is 4.90 Å². The zero-order chi connectivity index (χ0) is 18.1. The fourth-order valence-corrected chi connectivity index (χ4v) is 3.48. The molecule has 7 nitrogen and oxygen atoms in total. The summed E-state index contributed by atoms with van der Waals surface area (Å²) in [6.45, 7) is 0.417. The first kappa shape index (κ1) is 16.5. The fourth-order valence-electron chi connectivity index (χ4n) is 3.48. The number of H-pyrrole nitrogens is 1. The maximum Gasteiger partial charge on any atom is 0.261 e. The van der Waals surface area contributed by atoms with Crippen LogP contribution in [-0.2, 0) is 30.7 Å². The average Bonchev–Trinajstić information content (AvgIpc) is 3.07. The van der Waals surface area contributed by atoms with Crippen molar-refractivity contribution in [2.45, 2.75) is 38.8 Å². The van der Waals surface area contributed by atoms with Crippen LogP contribution in [0.25, 0.3) is 10.9 Å². The van der Waals surface area contributed by atoms with Gasteiger partial charge in [0.1, 0.15) is 6.54 Å². The number of carbonyl (C=O) groups excluding carboxylic acids is 1. The largest absolute Gasteiger partial charge is 0.338 e. The number of aryl methyl sites for hydroxylation is 1. The molecule has 0 aliphatic heterocycles. The average molecular weight is 351 g/mol. The van der Waals surface area contributed by atoms with E-state index in [9.17, 15) is 9.59 Å². The van der Waals surface area contributed by atoms with Gasteiger partial charge in [0.2, 0.25) is 5.91 Å². The van der Waals surface area contributed by atoms with Crippen molar-refractivity contribution < 1.29 is 4.79 Å². The van der Waals surface area contributed by atoms with Gasteiger partial charge in [-0.15, -0.1) is 0 Å². The van der Waals surface area contributed by atoms with Crippen molar-refractivity contribution in [3.05, 3.63) is 57.9 Å². The van der Waals surface area contributed by atoms with Crippen LogP contribution in [0.15, 0.2) is 35.4 Å². The third-order valence-corrected chi connectivity index (χ3v) is 4.99. The van der Waals surface area contributed by atoms with Crippen LogP contribution in [0.1, 0.15) is 29.8 Å². The second kappa shape index (κ2) is 6.74. The lowest BCUT2D eigenvalue weighted by molar-refractivity contribution is -0.131. The van der Waals surface area contributed by atoms with E-state index in [2.05, 4.69) is 15.2 Å². The number of nitrogens with one attached hydrogen (secondary N) is 1. The van der Waals surface area contributed by atoms with E-state index in [1.807, 2.05) is 6.07 Å². The molecule has 0 radical (unpaired) electrons. The number of aromatic nitrogens is 4. The van der Waals surface area contributed by atoms with E-state index in [-0.39, 0.29) is 18.0 Å². The zero-order valence-corrected chi connectivity index (χ0v) is 14.7. The number of fused-ring (bicyclic) bond motifs is 2. The predicted octanol–water partition coefficient (Wildman–Crippen LogP) is 1.66. The smallest absolute Gasteiger partial charge is 0.261 e. The van der Waals surface area contributed by atoms with Gasteiger partial charge in [-0.25, -0.2) is 4.98 Å². The van der Waals surface area contributed by atoms with E-state index in [1.165, 1.54) is 28.6 Å². The predicted molar refractivity (Wildman–Crippen MR) is 97.7 cm³/mol. The Labute approximate surface area is 150 Å². The van der Waals surface area contributed by atoms with Crippen LogP contribution in [0, 0.1) is 0 Å². The summed E-state index contributed by atoms with van der Waals surface area (Å²) < 4.78 is 1.36. The van der Waals surface area contributed by atoms with E-state index in [0.717, 1.165) is 25.0 Å². The Hall–Kier alpha value is -2.96. The van der Waals surface area contributed by atoms with Crippen molar-refractivity contribution in [1.82, 2.24) is 24.6 Å². The fraction of sp³-hybridized carbons (Fsp3) is 0.368. The molecule has 0 bridgehead atoms. The molecule has 0 saturated carbocycles. The molecule has 0 spiro atoms. The lowest BCUT2D eigenvalue weighted by Gasteiger charge is -2.18. The van der Waals surface area contributed by atoms with E-state index in [4.69, 9.17) is 0 Å². The molecule has 1 amide bonds. The number of likely N-dealkylation sites (N-methyl/N-ethyl adjacent to an activating group) is 1. The SMILES string of the molecule is CN(Cc1n[nH]c2c1CCCC2)C(=O)Cn1cnc2ccccc2c1=O. The summed E-state index contributed by atoms with van der Waals surface area (Å²) >= 11 is 0. The van der Waals surface area contributed by atoms with Crippen molar-refractivity contribution in [1.29, 1.82) is 0 Å². The standard InChI is InChI=1S/C19H21N5O2/c1-23(10-17-13-6-2-5-9-16(13)21-22-17)18(25)11-24-12-20-15-8-4-3-7-14(15)19(24)26/h3-4,7-8,12H,2,5-6,9-11H2,1H3,(H,21,22). The van der Waals surface area contributed by atoms with Gasteiger partial charge >= 0.3 is 0 Å². The molecule has 4 rings (SSSR count). The van der Waals surface area contributed by atoms with Crippen LogP contribution in [0.2, 0.25) is 0 Å².